The van der Waals surface area contributed by atoms with E-state index in [9.17, 15) is 19.2 Å². The van der Waals surface area contributed by atoms with E-state index in [1.165, 1.54) is 4.90 Å². The third-order valence-electron chi connectivity index (χ3n) is 7.02. The molecule has 0 unspecified atom stereocenters. The van der Waals surface area contributed by atoms with Crippen LogP contribution in [0.25, 0.3) is 0 Å². The van der Waals surface area contributed by atoms with Crippen molar-refractivity contribution < 1.29 is 19.2 Å². The van der Waals surface area contributed by atoms with Crippen molar-refractivity contribution in [2.24, 2.45) is 11.8 Å². The third kappa shape index (κ3) is 4.05. The summed E-state index contributed by atoms with van der Waals surface area (Å²) in [7, 11) is 0. The van der Waals surface area contributed by atoms with Crippen molar-refractivity contribution >= 4 is 23.8 Å². The molecule has 8 nitrogen and oxygen atoms in total. The summed E-state index contributed by atoms with van der Waals surface area (Å²) in [5.74, 6) is -0.0504. The molecule has 0 bridgehead atoms. The highest BCUT2D eigenvalue weighted by Gasteiger charge is 2.55. The molecule has 0 aliphatic carbocycles. The monoisotopic (exact) mass is 420 g/mol. The summed E-state index contributed by atoms with van der Waals surface area (Å²) >= 11 is 0. The molecule has 0 saturated carbocycles. The van der Waals surface area contributed by atoms with Crippen LogP contribution in [0.15, 0.2) is 0 Å². The quantitative estimate of drug-likeness (QED) is 0.689. The van der Waals surface area contributed by atoms with Gasteiger partial charge in [-0.15, -0.1) is 0 Å². The van der Waals surface area contributed by atoms with Crippen molar-refractivity contribution in [3.05, 3.63) is 0 Å². The summed E-state index contributed by atoms with van der Waals surface area (Å²) in [6, 6.07) is -0.635. The molecule has 3 saturated heterocycles. The van der Waals surface area contributed by atoms with E-state index in [1.807, 2.05) is 32.6 Å². The predicted molar refractivity (Wildman–Crippen MR) is 112 cm³/mol. The van der Waals surface area contributed by atoms with Crippen LogP contribution in [0.3, 0.4) is 0 Å². The highest BCUT2D eigenvalue weighted by Crippen LogP contribution is 2.33. The average Bonchev–Trinajstić information content (AvgIpc) is 2.98. The molecule has 5 amide bonds. The number of likely N-dealkylation sites (tertiary alicyclic amines) is 2. The molecule has 1 atom stereocenters. The lowest BCUT2D eigenvalue weighted by Crippen LogP contribution is -2.57. The Morgan fingerprint density at radius 3 is 2.23 bits per heavy atom. The number of piperidine rings is 2. The number of carbonyl (C=O) groups is 4. The lowest BCUT2D eigenvalue weighted by Gasteiger charge is -2.40. The largest absolute Gasteiger partial charge is 0.342 e. The Labute approximate surface area is 179 Å². The lowest BCUT2D eigenvalue weighted by molar-refractivity contribution is -0.143. The van der Waals surface area contributed by atoms with Gasteiger partial charge in [0.2, 0.25) is 11.8 Å². The van der Waals surface area contributed by atoms with Gasteiger partial charge in [0.25, 0.3) is 5.91 Å². The Kier molecular flexibility index (Phi) is 6.72. The second kappa shape index (κ2) is 8.94. The van der Waals surface area contributed by atoms with E-state index < -0.39 is 5.54 Å². The van der Waals surface area contributed by atoms with Crippen molar-refractivity contribution in [1.29, 1.82) is 0 Å². The Morgan fingerprint density at radius 1 is 1.03 bits per heavy atom. The molecule has 0 radical (unpaired) electrons. The summed E-state index contributed by atoms with van der Waals surface area (Å²) < 4.78 is 0. The van der Waals surface area contributed by atoms with Crippen molar-refractivity contribution in [3.8, 4) is 0 Å². The molecule has 3 fully saturated rings. The van der Waals surface area contributed by atoms with Crippen molar-refractivity contribution in [1.82, 2.24) is 20.0 Å². The average molecular weight is 421 g/mol. The van der Waals surface area contributed by atoms with Gasteiger partial charge in [0.05, 0.1) is 6.04 Å². The maximum Gasteiger partial charge on any atom is 0.325 e. The van der Waals surface area contributed by atoms with Crippen LogP contribution >= 0.6 is 0 Å². The van der Waals surface area contributed by atoms with E-state index in [-0.39, 0.29) is 41.6 Å². The Hall–Kier alpha value is -2.12. The van der Waals surface area contributed by atoms with Crippen LogP contribution in [0.4, 0.5) is 4.79 Å². The standard InChI is InChI=1S/C22H36N4O4/c1-5-16(6-2)19(28)25-11-7-8-17(14-25)26-20(29)22(23-21(26)30)9-12-24(13-10-22)18(27)15(3)4/h15-17H,5-14H2,1-4H3,(H,23,30)/t17-/m0/s1. The number of amides is 5. The molecule has 1 N–H and O–H groups in total. The predicted octanol–water partition coefficient (Wildman–Crippen LogP) is 1.98. The first-order valence-corrected chi connectivity index (χ1v) is 11.5. The third-order valence-corrected chi connectivity index (χ3v) is 7.02. The van der Waals surface area contributed by atoms with Crippen molar-refractivity contribution in [3.63, 3.8) is 0 Å². The first kappa shape index (κ1) is 22.6. The van der Waals surface area contributed by atoms with Crippen molar-refractivity contribution in [2.45, 2.75) is 77.8 Å². The van der Waals surface area contributed by atoms with Crippen LogP contribution in [0, 0.1) is 11.8 Å². The van der Waals surface area contributed by atoms with E-state index in [4.69, 9.17) is 0 Å². The molecule has 3 aliphatic heterocycles. The molecule has 0 aromatic heterocycles. The maximum atomic E-state index is 13.4. The number of urea groups is 1. The summed E-state index contributed by atoms with van der Waals surface area (Å²) in [5.41, 5.74) is -0.910. The summed E-state index contributed by atoms with van der Waals surface area (Å²) in [6.07, 6.45) is 3.99. The van der Waals surface area contributed by atoms with Gasteiger partial charge in [0, 0.05) is 38.0 Å². The number of hydrogen-bond donors (Lipinski definition) is 1. The fraction of sp³-hybridized carbons (Fsp3) is 0.818. The van der Waals surface area contributed by atoms with Crippen LogP contribution < -0.4 is 5.32 Å². The lowest BCUT2D eigenvalue weighted by atomic mass is 9.86. The molecule has 30 heavy (non-hydrogen) atoms. The highest BCUT2D eigenvalue weighted by atomic mass is 16.2. The van der Waals surface area contributed by atoms with Gasteiger partial charge in [-0.05, 0) is 38.5 Å². The van der Waals surface area contributed by atoms with E-state index in [0.717, 1.165) is 25.7 Å². The topological polar surface area (TPSA) is 90.0 Å². The SMILES string of the molecule is CCC(CC)C(=O)N1CCC[C@H](N2C(=O)NC3(CCN(C(=O)C(C)C)CC3)C2=O)C1. The summed E-state index contributed by atoms with van der Waals surface area (Å²) in [5, 5.41) is 2.94. The van der Waals surface area contributed by atoms with E-state index in [0.29, 0.717) is 39.0 Å². The normalized spacial score (nSPS) is 24.2. The van der Waals surface area contributed by atoms with E-state index in [2.05, 4.69) is 5.32 Å². The molecule has 3 aliphatic rings. The van der Waals surface area contributed by atoms with Gasteiger partial charge in [-0.3, -0.25) is 19.3 Å². The zero-order chi connectivity index (χ0) is 22.1. The number of nitrogens with one attached hydrogen (secondary N) is 1. The van der Waals surface area contributed by atoms with Crippen LogP contribution in [-0.2, 0) is 14.4 Å². The van der Waals surface area contributed by atoms with E-state index in [1.54, 1.807) is 4.90 Å². The van der Waals surface area contributed by atoms with Crippen LogP contribution in [0.1, 0.15) is 66.2 Å². The fourth-order valence-electron chi connectivity index (χ4n) is 5.05. The fourth-order valence-corrected chi connectivity index (χ4v) is 5.05. The first-order chi connectivity index (χ1) is 14.2. The van der Waals surface area contributed by atoms with Gasteiger partial charge >= 0.3 is 6.03 Å². The molecule has 8 heteroatoms. The summed E-state index contributed by atoms with van der Waals surface area (Å²) in [4.78, 5) is 56.3. The Bertz CT molecular complexity index is 695. The molecule has 0 aromatic rings. The second-order valence-corrected chi connectivity index (χ2v) is 9.26. The Balaban J connectivity index is 1.68. The zero-order valence-corrected chi connectivity index (χ0v) is 18.8. The molecular formula is C22H36N4O4. The number of hydrogen-bond acceptors (Lipinski definition) is 4. The first-order valence-electron chi connectivity index (χ1n) is 11.5. The van der Waals surface area contributed by atoms with Gasteiger partial charge in [0.15, 0.2) is 0 Å². The van der Waals surface area contributed by atoms with Crippen LogP contribution in [-0.4, -0.2) is 76.2 Å². The molecule has 1 spiro atoms. The van der Waals surface area contributed by atoms with E-state index >= 15 is 0 Å². The minimum atomic E-state index is -0.910. The second-order valence-electron chi connectivity index (χ2n) is 9.26. The van der Waals surface area contributed by atoms with Gasteiger partial charge < -0.3 is 15.1 Å². The van der Waals surface area contributed by atoms with Gasteiger partial charge in [0.1, 0.15) is 5.54 Å². The van der Waals surface area contributed by atoms with Gasteiger partial charge in [-0.25, -0.2) is 4.79 Å². The van der Waals surface area contributed by atoms with Gasteiger partial charge in [-0.1, -0.05) is 27.7 Å². The minimum Gasteiger partial charge on any atom is -0.342 e. The van der Waals surface area contributed by atoms with Crippen LogP contribution in [0.5, 0.6) is 0 Å². The molecule has 3 heterocycles. The smallest absolute Gasteiger partial charge is 0.325 e. The van der Waals surface area contributed by atoms with Crippen molar-refractivity contribution in [2.75, 3.05) is 26.2 Å². The highest BCUT2D eigenvalue weighted by molar-refractivity contribution is 6.07. The minimum absolute atomic E-state index is 0.000944. The molecule has 0 aromatic carbocycles. The maximum absolute atomic E-state index is 13.4. The Morgan fingerprint density at radius 2 is 1.67 bits per heavy atom. The number of nitrogens with zero attached hydrogens (tertiary/aromatic N) is 3. The number of carbonyl (C=O) groups excluding carboxylic acids is 4. The molecule has 168 valence electrons. The molecule has 3 rings (SSSR count). The molecular weight excluding hydrogens is 384 g/mol. The summed E-state index contributed by atoms with van der Waals surface area (Å²) in [6.45, 7) is 9.83. The van der Waals surface area contributed by atoms with Gasteiger partial charge in [-0.2, -0.15) is 0 Å². The number of imide groups is 1. The zero-order valence-electron chi connectivity index (χ0n) is 18.8. The van der Waals surface area contributed by atoms with Crippen LogP contribution in [0.2, 0.25) is 0 Å². The number of rotatable bonds is 5.